The topological polar surface area (TPSA) is 40.5 Å². The molecule has 1 aliphatic rings. The number of carbonyl (C=O) groups excluding carboxylic acids is 1. The van der Waals surface area contributed by atoms with Crippen molar-refractivity contribution in [2.24, 2.45) is 0 Å². The van der Waals surface area contributed by atoms with E-state index in [0.29, 0.717) is 31.5 Å². The smallest absolute Gasteiger partial charge is 0.391 e. The number of aliphatic hydroxyl groups excluding tert-OH is 1. The van der Waals surface area contributed by atoms with Gasteiger partial charge in [0.15, 0.2) is 0 Å². The van der Waals surface area contributed by atoms with Crippen molar-refractivity contribution in [3.63, 3.8) is 0 Å². The Morgan fingerprint density at radius 3 is 2.52 bits per heavy atom. The second-order valence-electron chi connectivity index (χ2n) is 5.33. The van der Waals surface area contributed by atoms with Gasteiger partial charge in [-0.3, -0.25) is 4.79 Å². The first-order valence-electron chi connectivity index (χ1n) is 6.98. The molecule has 1 saturated heterocycles. The maximum Gasteiger partial charge on any atom is 0.416 e. The van der Waals surface area contributed by atoms with Crippen LogP contribution in [0.5, 0.6) is 0 Å². The zero-order valence-corrected chi connectivity index (χ0v) is 11.6. The van der Waals surface area contributed by atoms with Crippen molar-refractivity contribution in [2.75, 3.05) is 13.1 Å². The molecule has 1 heterocycles. The van der Waals surface area contributed by atoms with Crippen molar-refractivity contribution >= 4 is 5.91 Å². The van der Waals surface area contributed by atoms with E-state index in [9.17, 15) is 23.1 Å². The van der Waals surface area contributed by atoms with E-state index in [4.69, 9.17) is 0 Å². The highest BCUT2D eigenvalue weighted by Crippen LogP contribution is 2.29. The molecule has 0 radical (unpaired) electrons. The van der Waals surface area contributed by atoms with E-state index in [-0.39, 0.29) is 12.3 Å². The standard InChI is InChI=1S/C15H18F3NO2/c16-15(17,18)12-6-3-11(4-7-12)5-8-14(21)19-9-1-2-13(20)10-19/h3-4,6-7,13,20H,1-2,5,8-10H2. The van der Waals surface area contributed by atoms with Crippen LogP contribution in [0.2, 0.25) is 0 Å². The summed E-state index contributed by atoms with van der Waals surface area (Å²) in [4.78, 5) is 13.6. The first kappa shape index (κ1) is 15.8. The Kier molecular flexibility index (Phi) is 4.88. The summed E-state index contributed by atoms with van der Waals surface area (Å²) in [5, 5.41) is 9.52. The molecule has 1 amide bonds. The summed E-state index contributed by atoms with van der Waals surface area (Å²) in [6.45, 7) is 0.995. The van der Waals surface area contributed by atoms with Gasteiger partial charge in [-0.15, -0.1) is 0 Å². The SMILES string of the molecule is O=C(CCc1ccc(C(F)(F)F)cc1)N1CCCC(O)C1. The number of amides is 1. The number of β-amino-alcohol motifs (C(OH)–C–C–N with tert-alkyl or cyclic N) is 1. The summed E-state index contributed by atoms with van der Waals surface area (Å²) < 4.78 is 37.3. The fraction of sp³-hybridized carbons (Fsp3) is 0.533. The second-order valence-corrected chi connectivity index (χ2v) is 5.33. The number of benzene rings is 1. The minimum atomic E-state index is -4.34. The van der Waals surface area contributed by atoms with Crippen molar-refractivity contribution in [2.45, 2.75) is 38.0 Å². The highest BCUT2D eigenvalue weighted by molar-refractivity contribution is 5.76. The van der Waals surface area contributed by atoms with Crippen LogP contribution in [-0.2, 0) is 17.4 Å². The third kappa shape index (κ3) is 4.46. The highest BCUT2D eigenvalue weighted by atomic mass is 19.4. The lowest BCUT2D eigenvalue weighted by molar-refractivity contribution is -0.137. The van der Waals surface area contributed by atoms with Gasteiger partial charge in [-0.2, -0.15) is 13.2 Å². The van der Waals surface area contributed by atoms with Gasteiger partial charge < -0.3 is 10.0 Å². The van der Waals surface area contributed by atoms with E-state index in [1.807, 2.05) is 0 Å². The lowest BCUT2D eigenvalue weighted by Crippen LogP contribution is -2.42. The number of halogens is 3. The van der Waals surface area contributed by atoms with E-state index in [0.717, 1.165) is 18.6 Å². The third-order valence-corrected chi connectivity index (χ3v) is 3.66. The molecule has 1 fully saturated rings. The number of aryl methyl sites for hydroxylation is 1. The first-order chi connectivity index (χ1) is 9.86. The average molecular weight is 301 g/mol. The molecular weight excluding hydrogens is 283 g/mol. The number of rotatable bonds is 3. The molecule has 0 saturated carbocycles. The largest absolute Gasteiger partial charge is 0.416 e. The summed E-state index contributed by atoms with van der Waals surface area (Å²) in [5.74, 6) is -0.0614. The molecule has 116 valence electrons. The summed E-state index contributed by atoms with van der Waals surface area (Å²) >= 11 is 0. The molecule has 1 aromatic rings. The predicted octanol–water partition coefficient (Wildman–Crippen LogP) is 2.62. The molecule has 0 bridgehead atoms. The Labute approximate surface area is 121 Å². The van der Waals surface area contributed by atoms with E-state index in [1.165, 1.54) is 12.1 Å². The fourth-order valence-electron chi connectivity index (χ4n) is 2.45. The van der Waals surface area contributed by atoms with Crippen molar-refractivity contribution in [1.82, 2.24) is 4.90 Å². The molecule has 1 atom stereocenters. The summed E-state index contributed by atoms with van der Waals surface area (Å²) in [6.07, 6.45) is -2.65. The van der Waals surface area contributed by atoms with Crippen LogP contribution in [0, 0.1) is 0 Å². The number of hydrogen-bond acceptors (Lipinski definition) is 2. The van der Waals surface area contributed by atoms with Gasteiger partial charge in [-0.1, -0.05) is 12.1 Å². The van der Waals surface area contributed by atoms with Crippen LogP contribution in [0.1, 0.15) is 30.4 Å². The van der Waals surface area contributed by atoms with Crippen molar-refractivity contribution in [3.8, 4) is 0 Å². The van der Waals surface area contributed by atoms with Crippen LogP contribution < -0.4 is 0 Å². The van der Waals surface area contributed by atoms with Crippen molar-refractivity contribution < 1.29 is 23.1 Å². The molecule has 1 N–H and O–H groups in total. The van der Waals surface area contributed by atoms with Gasteiger partial charge in [0.25, 0.3) is 0 Å². The fourth-order valence-corrected chi connectivity index (χ4v) is 2.45. The maximum absolute atomic E-state index is 12.4. The van der Waals surface area contributed by atoms with Gasteiger partial charge in [0.1, 0.15) is 0 Å². The highest BCUT2D eigenvalue weighted by Gasteiger charge is 2.30. The van der Waals surface area contributed by atoms with E-state index in [1.54, 1.807) is 4.90 Å². The molecule has 0 spiro atoms. The lowest BCUT2D eigenvalue weighted by atomic mass is 10.0. The van der Waals surface area contributed by atoms with Crippen molar-refractivity contribution in [1.29, 1.82) is 0 Å². The second kappa shape index (κ2) is 6.47. The number of piperidine rings is 1. The summed E-state index contributed by atoms with van der Waals surface area (Å²) in [6, 6.07) is 4.87. The Morgan fingerprint density at radius 2 is 1.95 bits per heavy atom. The van der Waals surface area contributed by atoms with Crippen LogP contribution in [0.25, 0.3) is 0 Å². The zero-order chi connectivity index (χ0) is 15.5. The number of aliphatic hydroxyl groups is 1. The molecule has 0 aliphatic carbocycles. The molecule has 2 rings (SSSR count). The van der Waals surface area contributed by atoms with Crippen LogP contribution in [0.3, 0.4) is 0 Å². The third-order valence-electron chi connectivity index (χ3n) is 3.66. The minimum absolute atomic E-state index is 0.0614. The van der Waals surface area contributed by atoms with Gasteiger partial charge in [0.2, 0.25) is 5.91 Å². The van der Waals surface area contributed by atoms with Crippen LogP contribution >= 0.6 is 0 Å². The predicted molar refractivity (Wildman–Crippen MR) is 71.6 cm³/mol. The number of nitrogens with zero attached hydrogens (tertiary/aromatic N) is 1. The molecule has 21 heavy (non-hydrogen) atoms. The monoisotopic (exact) mass is 301 g/mol. The normalized spacial score (nSPS) is 19.6. The zero-order valence-electron chi connectivity index (χ0n) is 11.6. The number of carbonyl (C=O) groups is 1. The van der Waals surface area contributed by atoms with Gasteiger partial charge in [-0.25, -0.2) is 0 Å². The number of hydrogen-bond donors (Lipinski definition) is 1. The average Bonchev–Trinajstić information content (AvgIpc) is 2.44. The molecule has 1 aromatic carbocycles. The van der Waals surface area contributed by atoms with Gasteiger partial charge in [-0.05, 0) is 37.0 Å². The van der Waals surface area contributed by atoms with E-state index in [2.05, 4.69) is 0 Å². The molecule has 1 unspecified atom stereocenters. The first-order valence-corrected chi connectivity index (χ1v) is 6.98. The van der Waals surface area contributed by atoms with Crippen LogP contribution in [-0.4, -0.2) is 35.1 Å². The Morgan fingerprint density at radius 1 is 1.29 bits per heavy atom. The molecule has 1 aliphatic heterocycles. The summed E-state index contributed by atoms with van der Waals surface area (Å²) in [7, 11) is 0. The molecule has 0 aromatic heterocycles. The maximum atomic E-state index is 12.4. The van der Waals surface area contributed by atoms with E-state index >= 15 is 0 Å². The molecule has 6 heteroatoms. The number of alkyl halides is 3. The Balaban J connectivity index is 1.86. The van der Waals surface area contributed by atoms with Gasteiger partial charge in [0, 0.05) is 19.5 Å². The number of likely N-dealkylation sites (tertiary alicyclic amines) is 1. The van der Waals surface area contributed by atoms with Crippen LogP contribution in [0.15, 0.2) is 24.3 Å². The molecule has 3 nitrogen and oxygen atoms in total. The summed E-state index contributed by atoms with van der Waals surface area (Å²) in [5.41, 5.74) is 0.0191. The lowest BCUT2D eigenvalue weighted by Gasteiger charge is -2.30. The quantitative estimate of drug-likeness (QED) is 0.932. The Hall–Kier alpha value is -1.56. The van der Waals surface area contributed by atoms with Crippen molar-refractivity contribution in [3.05, 3.63) is 35.4 Å². The van der Waals surface area contributed by atoms with E-state index < -0.39 is 17.8 Å². The van der Waals surface area contributed by atoms with Crippen LogP contribution in [0.4, 0.5) is 13.2 Å². The van der Waals surface area contributed by atoms with Gasteiger partial charge >= 0.3 is 6.18 Å². The Bertz CT molecular complexity index is 485. The van der Waals surface area contributed by atoms with Gasteiger partial charge in [0.05, 0.1) is 11.7 Å². The minimum Gasteiger partial charge on any atom is -0.391 e. The molecular formula is C15H18F3NO2.